The molecule has 0 radical (unpaired) electrons. The highest BCUT2D eigenvalue weighted by Crippen LogP contribution is 2.34. The number of oxime groups is 1. The molecule has 20 heavy (non-hydrogen) atoms. The summed E-state index contributed by atoms with van der Waals surface area (Å²) in [4.78, 5) is 0. The lowest BCUT2D eigenvalue weighted by molar-refractivity contribution is -0.137. The second-order valence-electron chi connectivity index (χ2n) is 4.41. The van der Waals surface area contributed by atoms with E-state index in [4.69, 9.17) is 15.7 Å². The van der Waals surface area contributed by atoms with Crippen molar-refractivity contribution in [2.45, 2.75) is 39.0 Å². The monoisotopic (exact) mass is 290 g/mol. The largest absolute Gasteiger partial charge is 0.491 e. The van der Waals surface area contributed by atoms with Crippen molar-refractivity contribution in [2.75, 3.05) is 0 Å². The Bertz CT molecular complexity index is 487. The lowest BCUT2D eigenvalue weighted by atomic mass is 10.1. The van der Waals surface area contributed by atoms with Gasteiger partial charge < -0.3 is 15.7 Å². The molecule has 0 spiro atoms. The smallest absolute Gasteiger partial charge is 0.417 e. The van der Waals surface area contributed by atoms with Crippen LogP contribution in [0.5, 0.6) is 5.75 Å². The van der Waals surface area contributed by atoms with Crippen molar-refractivity contribution in [3.63, 3.8) is 0 Å². The molecular formula is C13H17F3N2O2. The Balaban J connectivity index is 3.15. The quantitative estimate of drug-likeness (QED) is 0.378. The maximum Gasteiger partial charge on any atom is 0.417 e. The molecular weight excluding hydrogens is 273 g/mol. The van der Waals surface area contributed by atoms with Crippen LogP contribution in [0, 0.1) is 0 Å². The van der Waals surface area contributed by atoms with Crippen molar-refractivity contribution in [3.05, 3.63) is 29.3 Å². The number of rotatable bonds is 5. The van der Waals surface area contributed by atoms with Gasteiger partial charge in [0.25, 0.3) is 0 Å². The maximum absolute atomic E-state index is 13.0. The number of alkyl halides is 3. The molecule has 0 saturated carbocycles. The third-order valence-electron chi connectivity index (χ3n) is 2.71. The first-order valence-electron chi connectivity index (χ1n) is 6.15. The molecule has 0 saturated heterocycles. The van der Waals surface area contributed by atoms with E-state index < -0.39 is 17.6 Å². The lowest BCUT2D eigenvalue weighted by Gasteiger charge is -2.17. The van der Waals surface area contributed by atoms with Gasteiger partial charge in [0, 0.05) is 5.56 Å². The molecule has 4 nitrogen and oxygen atoms in total. The number of nitrogens with zero attached hydrogens (tertiary/aromatic N) is 1. The van der Waals surface area contributed by atoms with E-state index in [1.807, 2.05) is 6.92 Å². The average molecular weight is 290 g/mol. The Morgan fingerprint density at radius 2 is 2.10 bits per heavy atom. The van der Waals surface area contributed by atoms with Crippen molar-refractivity contribution >= 4 is 5.84 Å². The molecule has 3 N–H and O–H groups in total. The first-order valence-corrected chi connectivity index (χ1v) is 6.15. The first kappa shape index (κ1) is 16.1. The van der Waals surface area contributed by atoms with Crippen LogP contribution in [-0.4, -0.2) is 17.1 Å². The minimum absolute atomic E-state index is 0.104. The predicted molar refractivity (Wildman–Crippen MR) is 69.0 cm³/mol. The summed E-state index contributed by atoms with van der Waals surface area (Å²) < 4.78 is 44.3. The van der Waals surface area contributed by atoms with Gasteiger partial charge in [-0.2, -0.15) is 13.2 Å². The fraction of sp³-hybridized carbons (Fsp3) is 0.462. The predicted octanol–water partition coefficient (Wildman–Crippen LogP) is 3.37. The zero-order chi connectivity index (χ0) is 15.3. The molecule has 1 unspecified atom stereocenters. The van der Waals surface area contributed by atoms with Crippen LogP contribution in [0.4, 0.5) is 13.2 Å². The van der Waals surface area contributed by atoms with Crippen molar-refractivity contribution in [2.24, 2.45) is 10.9 Å². The molecule has 7 heteroatoms. The van der Waals surface area contributed by atoms with Crippen LogP contribution in [0.1, 0.15) is 37.8 Å². The van der Waals surface area contributed by atoms with E-state index in [0.29, 0.717) is 0 Å². The molecule has 1 aromatic carbocycles. The summed E-state index contributed by atoms with van der Waals surface area (Å²) in [6.45, 7) is 3.75. The van der Waals surface area contributed by atoms with Gasteiger partial charge in [0.05, 0.1) is 11.7 Å². The molecule has 0 aromatic heterocycles. The van der Waals surface area contributed by atoms with E-state index in [1.54, 1.807) is 6.92 Å². The molecule has 1 rings (SSSR count). The fourth-order valence-electron chi connectivity index (χ4n) is 1.81. The molecule has 0 aliphatic rings. The Hall–Kier alpha value is -1.92. The maximum atomic E-state index is 13.0. The second-order valence-corrected chi connectivity index (χ2v) is 4.41. The van der Waals surface area contributed by atoms with E-state index in [0.717, 1.165) is 25.0 Å². The zero-order valence-electron chi connectivity index (χ0n) is 11.2. The summed E-state index contributed by atoms with van der Waals surface area (Å²) in [6.07, 6.45) is -3.19. The van der Waals surface area contributed by atoms with Crippen LogP contribution < -0.4 is 10.5 Å². The number of hydrogen-bond donors (Lipinski definition) is 2. The standard InChI is InChI=1S/C13H17F3N2O2/c1-3-4-8(2)20-9-5-6-10(12(17)18-19)11(7-9)13(14,15)16/h5-8,19H,3-4H2,1-2H3,(H2,17,18). The molecule has 0 aliphatic carbocycles. The van der Waals surface area contributed by atoms with Gasteiger partial charge in [0.2, 0.25) is 0 Å². The van der Waals surface area contributed by atoms with Crippen molar-refractivity contribution in [1.29, 1.82) is 0 Å². The third-order valence-corrected chi connectivity index (χ3v) is 2.71. The molecule has 1 aromatic rings. The van der Waals surface area contributed by atoms with Gasteiger partial charge in [-0.3, -0.25) is 0 Å². The van der Waals surface area contributed by atoms with Crippen LogP contribution >= 0.6 is 0 Å². The summed E-state index contributed by atoms with van der Waals surface area (Å²) in [5.41, 5.74) is 3.88. The highest BCUT2D eigenvalue weighted by molar-refractivity contribution is 5.98. The molecule has 0 aliphatic heterocycles. The Morgan fingerprint density at radius 3 is 2.60 bits per heavy atom. The van der Waals surface area contributed by atoms with E-state index in [9.17, 15) is 13.2 Å². The second kappa shape index (κ2) is 6.49. The van der Waals surface area contributed by atoms with Crippen LogP contribution in [0.15, 0.2) is 23.4 Å². The van der Waals surface area contributed by atoms with Gasteiger partial charge in [0.15, 0.2) is 5.84 Å². The van der Waals surface area contributed by atoms with E-state index >= 15 is 0 Å². The van der Waals surface area contributed by atoms with Crippen LogP contribution in [0.2, 0.25) is 0 Å². The number of hydrogen-bond acceptors (Lipinski definition) is 3. The molecule has 112 valence electrons. The highest BCUT2D eigenvalue weighted by Gasteiger charge is 2.35. The minimum atomic E-state index is -4.61. The molecule has 0 bridgehead atoms. The van der Waals surface area contributed by atoms with Gasteiger partial charge in [0.1, 0.15) is 5.75 Å². The van der Waals surface area contributed by atoms with E-state index in [-0.39, 0.29) is 17.4 Å². The normalized spacial score (nSPS) is 14.2. The van der Waals surface area contributed by atoms with Crippen LogP contribution in [-0.2, 0) is 6.18 Å². The minimum Gasteiger partial charge on any atom is -0.491 e. The summed E-state index contributed by atoms with van der Waals surface area (Å²) >= 11 is 0. The number of ether oxygens (including phenoxy) is 1. The molecule has 0 amide bonds. The van der Waals surface area contributed by atoms with Crippen molar-refractivity contribution in [3.8, 4) is 5.75 Å². The van der Waals surface area contributed by atoms with Crippen LogP contribution in [0.25, 0.3) is 0 Å². The molecule has 0 fully saturated rings. The summed E-state index contributed by atoms with van der Waals surface area (Å²) in [5.74, 6) is -0.488. The summed E-state index contributed by atoms with van der Waals surface area (Å²) in [6, 6.07) is 3.36. The summed E-state index contributed by atoms with van der Waals surface area (Å²) in [5, 5.41) is 11.1. The number of halogens is 3. The van der Waals surface area contributed by atoms with Gasteiger partial charge in [-0.25, -0.2) is 0 Å². The van der Waals surface area contributed by atoms with Gasteiger partial charge in [-0.1, -0.05) is 18.5 Å². The van der Waals surface area contributed by atoms with E-state index in [2.05, 4.69) is 5.16 Å². The van der Waals surface area contributed by atoms with E-state index in [1.165, 1.54) is 6.07 Å². The Kier molecular flexibility index (Phi) is 5.24. The van der Waals surface area contributed by atoms with Crippen molar-refractivity contribution < 1.29 is 23.1 Å². The Labute approximate surface area is 115 Å². The number of amidine groups is 1. The van der Waals surface area contributed by atoms with Gasteiger partial charge in [-0.05, 0) is 31.5 Å². The topological polar surface area (TPSA) is 67.8 Å². The highest BCUT2D eigenvalue weighted by atomic mass is 19.4. The van der Waals surface area contributed by atoms with Crippen LogP contribution in [0.3, 0.4) is 0 Å². The molecule has 1 atom stereocenters. The lowest BCUT2D eigenvalue weighted by Crippen LogP contribution is -2.20. The SMILES string of the molecule is CCCC(C)Oc1ccc(/C(N)=N/O)c(C(F)(F)F)c1. The zero-order valence-corrected chi connectivity index (χ0v) is 11.2. The van der Waals surface area contributed by atoms with Crippen molar-refractivity contribution in [1.82, 2.24) is 0 Å². The summed E-state index contributed by atoms with van der Waals surface area (Å²) in [7, 11) is 0. The number of nitrogens with two attached hydrogens (primary N) is 1. The molecule has 0 heterocycles. The van der Waals surface area contributed by atoms with Gasteiger partial charge >= 0.3 is 6.18 Å². The number of benzene rings is 1. The fourth-order valence-corrected chi connectivity index (χ4v) is 1.81. The third kappa shape index (κ3) is 4.04. The van der Waals surface area contributed by atoms with Gasteiger partial charge in [-0.15, -0.1) is 0 Å². The Morgan fingerprint density at radius 1 is 1.45 bits per heavy atom. The average Bonchev–Trinajstić information content (AvgIpc) is 2.37. The first-order chi connectivity index (χ1) is 9.29.